The molecule has 2 rings (SSSR count). The Bertz CT molecular complexity index is 332. The normalized spacial score (nSPS) is 18.2. The molecule has 0 bridgehead atoms. The van der Waals surface area contributed by atoms with Gasteiger partial charge in [0.15, 0.2) is 0 Å². The predicted octanol–water partition coefficient (Wildman–Crippen LogP) is 0.937. The summed E-state index contributed by atoms with van der Waals surface area (Å²) in [5.74, 6) is -0.503. The van der Waals surface area contributed by atoms with E-state index in [9.17, 15) is 13.6 Å². The Morgan fingerprint density at radius 2 is 2.36 bits per heavy atom. The number of aromatic nitrogens is 2. The van der Waals surface area contributed by atoms with Gasteiger partial charge in [0.05, 0.1) is 11.8 Å². The fourth-order valence-electron chi connectivity index (χ4n) is 1.21. The number of carbonyl (C=O) groups excluding carboxylic acids is 1. The summed E-state index contributed by atoms with van der Waals surface area (Å²) in [5.41, 5.74) is -1.01. The van der Waals surface area contributed by atoms with Crippen LogP contribution in [-0.4, -0.2) is 28.1 Å². The lowest BCUT2D eigenvalue weighted by Gasteiger charge is -2.15. The maximum Gasteiger partial charge on any atom is 0.261 e. The van der Waals surface area contributed by atoms with Gasteiger partial charge in [-0.05, 0) is 12.8 Å². The lowest BCUT2D eigenvalue weighted by Crippen LogP contribution is -2.42. The first-order valence-corrected chi connectivity index (χ1v) is 4.23. The average Bonchev–Trinajstić information content (AvgIpc) is 2.74. The number of amides is 1. The fourth-order valence-corrected chi connectivity index (χ4v) is 1.21. The minimum Gasteiger partial charge on any atom is -0.341 e. The third kappa shape index (κ3) is 1.47. The van der Waals surface area contributed by atoms with Crippen LogP contribution in [0, 0.1) is 0 Å². The van der Waals surface area contributed by atoms with Gasteiger partial charge in [-0.2, -0.15) is 5.10 Å². The van der Waals surface area contributed by atoms with Crippen molar-refractivity contribution in [1.29, 1.82) is 0 Å². The Kier molecular flexibility index (Phi) is 1.98. The minimum atomic E-state index is -2.50. The van der Waals surface area contributed by atoms with Gasteiger partial charge < -0.3 is 5.32 Å². The van der Waals surface area contributed by atoms with Crippen molar-refractivity contribution in [1.82, 2.24) is 15.5 Å². The number of nitrogens with one attached hydrogen (secondary N) is 2. The largest absolute Gasteiger partial charge is 0.341 e. The van der Waals surface area contributed by atoms with Gasteiger partial charge in [-0.25, -0.2) is 8.78 Å². The molecule has 2 N–H and O–H groups in total. The van der Waals surface area contributed by atoms with Crippen molar-refractivity contribution in [2.75, 3.05) is 0 Å². The molecule has 6 heteroatoms. The number of hydrogen-bond donors (Lipinski definition) is 2. The zero-order valence-electron chi connectivity index (χ0n) is 7.26. The van der Waals surface area contributed by atoms with E-state index in [0.29, 0.717) is 12.8 Å². The van der Waals surface area contributed by atoms with Crippen molar-refractivity contribution in [2.45, 2.75) is 24.8 Å². The second-order valence-corrected chi connectivity index (χ2v) is 3.40. The van der Waals surface area contributed by atoms with Gasteiger partial charge in [0.25, 0.3) is 12.3 Å². The lowest BCUT2D eigenvalue weighted by molar-refractivity contribution is 0.0680. The molecule has 1 saturated carbocycles. The molecule has 0 unspecified atom stereocenters. The topological polar surface area (TPSA) is 57.8 Å². The van der Waals surface area contributed by atoms with E-state index < -0.39 is 17.9 Å². The van der Waals surface area contributed by atoms with E-state index in [1.165, 1.54) is 12.4 Å². The number of H-pyrrole nitrogens is 1. The van der Waals surface area contributed by atoms with E-state index in [1.54, 1.807) is 0 Å². The van der Waals surface area contributed by atoms with E-state index in [1.807, 2.05) is 0 Å². The van der Waals surface area contributed by atoms with E-state index in [2.05, 4.69) is 15.5 Å². The van der Waals surface area contributed by atoms with Crippen LogP contribution in [0.1, 0.15) is 23.2 Å². The van der Waals surface area contributed by atoms with Crippen molar-refractivity contribution in [3.05, 3.63) is 18.0 Å². The highest BCUT2D eigenvalue weighted by Gasteiger charge is 2.52. The summed E-state index contributed by atoms with van der Waals surface area (Å²) in [5, 5.41) is 8.33. The molecular weight excluding hydrogens is 192 g/mol. The molecule has 1 aliphatic carbocycles. The second kappa shape index (κ2) is 3.04. The molecule has 0 aromatic carbocycles. The van der Waals surface area contributed by atoms with Crippen LogP contribution >= 0.6 is 0 Å². The van der Waals surface area contributed by atoms with E-state index in [-0.39, 0.29) is 5.56 Å². The molecule has 76 valence electrons. The van der Waals surface area contributed by atoms with E-state index >= 15 is 0 Å². The number of alkyl halides is 2. The Hall–Kier alpha value is -1.46. The third-order valence-corrected chi connectivity index (χ3v) is 2.33. The molecule has 1 aliphatic rings. The molecule has 1 aromatic heterocycles. The standard InChI is InChI=1S/C8H9F2N3O/c9-7(10)8(1-2-8)13-6(14)5-3-11-12-4-5/h3-4,7H,1-2H2,(H,11,12)(H,13,14). The summed E-state index contributed by atoms with van der Waals surface area (Å²) in [6.07, 6.45) is 0.856. The number of carbonyl (C=O) groups is 1. The maximum atomic E-state index is 12.4. The Labute approximate surface area is 78.7 Å². The van der Waals surface area contributed by atoms with E-state index in [4.69, 9.17) is 0 Å². The highest BCUT2D eigenvalue weighted by Crippen LogP contribution is 2.41. The monoisotopic (exact) mass is 201 g/mol. The van der Waals surface area contributed by atoms with E-state index in [0.717, 1.165) is 0 Å². The summed E-state index contributed by atoms with van der Waals surface area (Å²) in [4.78, 5) is 11.4. The summed E-state index contributed by atoms with van der Waals surface area (Å²) >= 11 is 0. The summed E-state index contributed by atoms with van der Waals surface area (Å²) < 4.78 is 24.9. The number of halogens is 2. The van der Waals surface area contributed by atoms with Gasteiger partial charge in [-0.1, -0.05) is 0 Å². The first-order valence-electron chi connectivity index (χ1n) is 4.23. The van der Waals surface area contributed by atoms with Crippen LogP contribution in [-0.2, 0) is 0 Å². The highest BCUT2D eigenvalue weighted by atomic mass is 19.3. The van der Waals surface area contributed by atoms with Gasteiger partial charge in [-0.3, -0.25) is 9.89 Å². The molecular formula is C8H9F2N3O. The fraction of sp³-hybridized carbons (Fsp3) is 0.500. The molecule has 1 fully saturated rings. The second-order valence-electron chi connectivity index (χ2n) is 3.40. The van der Waals surface area contributed by atoms with Crippen LogP contribution in [0.3, 0.4) is 0 Å². The molecule has 0 aliphatic heterocycles. The van der Waals surface area contributed by atoms with Crippen LogP contribution in [0.4, 0.5) is 8.78 Å². The number of hydrogen-bond acceptors (Lipinski definition) is 2. The first kappa shape index (κ1) is 9.11. The Morgan fingerprint density at radius 3 is 2.79 bits per heavy atom. The van der Waals surface area contributed by atoms with Gasteiger partial charge in [-0.15, -0.1) is 0 Å². The highest BCUT2D eigenvalue weighted by molar-refractivity contribution is 5.94. The zero-order chi connectivity index (χ0) is 10.2. The summed E-state index contributed by atoms with van der Waals surface area (Å²) in [6, 6.07) is 0. The molecule has 0 saturated heterocycles. The predicted molar refractivity (Wildman–Crippen MR) is 44.0 cm³/mol. The van der Waals surface area contributed by atoms with Gasteiger partial charge in [0, 0.05) is 6.20 Å². The van der Waals surface area contributed by atoms with Crippen LogP contribution in [0.25, 0.3) is 0 Å². The number of nitrogens with zero attached hydrogens (tertiary/aromatic N) is 1. The Morgan fingerprint density at radius 1 is 1.64 bits per heavy atom. The number of rotatable bonds is 3. The molecule has 1 amide bonds. The molecule has 1 aromatic rings. The molecule has 0 atom stereocenters. The molecule has 0 radical (unpaired) electrons. The zero-order valence-corrected chi connectivity index (χ0v) is 7.26. The average molecular weight is 201 g/mol. The minimum absolute atomic E-state index is 0.275. The number of aromatic amines is 1. The van der Waals surface area contributed by atoms with Crippen LogP contribution in [0.5, 0.6) is 0 Å². The Balaban J connectivity index is 2.02. The smallest absolute Gasteiger partial charge is 0.261 e. The first-order chi connectivity index (χ1) is 6.64. The van der Waals surface area contributed by atoms with Gasteiger partial charge in [0.1, 0.15) is 5.54 Å². The lowest BCUT2D eigenvalue weighted by atomic mass is 10.2. The van der Waals surface area contributed by atoms with Crippen molar-refractivity contribution in [3.63, 3.8) is 0 Å². The molecule has 14 heavy (non-hydrogen) atoms. The van der Waals surface area contributed by atoms with Crippen LogP contribution in [0.2, 0.25) is 0 Å². The summed E-state index contributed by atoms with van der Waals surface area (Å²) in [7, 11) is 0. The van der Waals surface area contributed by atoms with Crippen molar-refractivity contribution in [2.24, 2.45) is 0 Å². The van der Waals surface area contributed by atoms with Gasteiger partial charge in [0.2, 0.25) is 0 Å². The van der Waals surface area contributed by atoms with Crippen molar-refractivity contribution >= 4 is 5.91 Å². The third-order valence-electron chi connectivity index (χ3n) is 2.33. The van der Waals surface area contributed by atoms with Crippen LogP contribution < -0.4 is 5.32 Å². The van der Waals surface area contributed by atoms with Crippen molar-refractivity contribution < 1.29 is 13.6 Å². The molecule has 1 heterocycles. The quantitative estimate of drug-likeness (QED) is 0.764. The SMILES string of the molecule is O=C(NC1(C(F)F)CC1)c1cn[nH]c1. The maximum absolute atomic E-state index is 12.4. The van der Waals surface area contributed by atoms with Crippen molar-refractivity contribution in [3.8, 4) is 0 Å². The molecule has 4 nitrogen and oxygen atoms in total. The van der Waals surface area contributed by atoms with Crippen LogP contribution in [0.15, 0.2) is 12.4 Å². The van der Waals surface area contributed by atoms with Gasteiger partial charge >= 0.3 is 0 Å². The summed E-state index contributed by atoms with van der Waals surface area (Å²) in [6.45, 7) is 0. The molecule has 0 spiro atoms.